The van der Waals surface area contributed by atoms with Crippen LogP contribution in [0.2, 0.25) is 0 Å². The number of nitrogens with zero attached hydrogens (tertiary/aromatic N) is 1. The lowest BCUT2D eigenvalue weighted by molar-refractivity contribution is -0.346. The van der Waals surface area contributed by atoms with E-state index in [-0.39, 0.29) is 24.3 Å². The van der Waals surface area contributed by atoms with Gasteiger partial charge in [0.15, 0.2) is 6.29 Å². The number of ether oxygens (including phenoxy) is 5. The summed E-state index contributed by atoms with van der Waals surface area (Å²) in [6, 6.07) is 24.0. The summed E-state index contributed by atoms with van der Waals surface area (Å²) in [5.74, 6) is -1.90. The zero-order chi connectivity index (χ0) is 29.4. The molecule has 3 aliphatic heterocycles. The Hall–Kier alpha value is -3.02. The maximum absolute atomic E-state index is 13.7. The van der Waals surface area contributed by atoms with E-state index in [1.165, 1.54) is 0 Å². The van der Waals surface area contributed by atoms with Gasteiger partial charge in [-0.1, -0.05) is 108 Å². The lowest BCUT2D eigenvalue weighted by Crippen LogP contribution is -2.68. The normalized spacial score (nSPS) is 27.4. The zero-order valence-electron chi connectivity index (χ0n) is 21.9. The predicted octanol–water partition coefficient (Wildman–Crippen LogP) is 5.44. The minimum absolute atomic E-state index is 0.0607. The molecule has 0 spiro atoms. The minimum atomic E-state index is -2.23. The number of benzene rings is 3. The summed E-state index contributed by atoms with van der Waals surface area (Å²) in [6.45, 7) is 0.175. The number of carbonyl (C=O) groups is 2. The summed E-state index contributed by atoms with van der Waals surface area (Å²) >= 11 is 17.8. The summed E-state index contributed by atoms with van der Waals surface area (Å²) in [5.41, 5.74) is 2.06. The van der Waals surface area contributed by atoms with E-state index in [1.807, 2.05) is 60.7 Å². The van der Waals surface area contributed by atoms with Crippen LogP contribution in [0.4, 0.5) is 0 Å². The van der Waals surface area contributed by atoms with E-state index in [4.69, 9.17) is 63.9 Å². The average Bonchev–Trinajstić information content (AvgIpc) is 3.25. The molecule has 1 unspecified atom stereocenters. The monoisotopic (exact) mass is 630 g/mol. The summed E-state index contributed by atoms with van der Waals surface area (Å²) in [6.07, 6.45) is -4.79. The van der Waals surface area contributed by atoms with Crippen molar-refractivity contribution in [3.8, 4) is 0 Å². The summed E-state index contributed by atoms with van der Waals surface area (Å²) in [4.78, 5) is 28.5. The molecule has 0 aromatic heterocycles. The Morgan fingerprint density at radius 3 is 2.10 bits per heavy atom. The van der Waals surface area contributed by atoms with Crippen molar-refractivity contribution in [2.75, 3.05) is 6.61 Å². The van der Waals surface area contributed by atoms with Gasteiger partial charge >= 0.3 is 0 Å². The number of carbonyl (C=O) groups excluding carboxylic acids is 2. The van der Waals surface area contributed by atoms with Crippen molar-refractivity contribution in [1.82, 2.24) is 4.90 Å². The Kier molecular flexibility index (Phi) is 8.26. The molecule has 3 aromatic rings. The van der Waals surface area contributed by atoms with Crippen LogP contribution in [-0.2, 0) is 30.3 Å². The Balaban J connectivity index is 1.41. The molecule has 218 valence electrons. The maximum atomic E-state index is 13.7. The molecule has 6 atom stereocenters. The number of halogens is 3. The molecule has 2 fully saturated rings. The molecule has 0 radical (unpaired) electrons. The average molecular weight is 632 g/mol. The van der Waals surface area contributed by atoms with Gasteiger partial charge in [0.2, 0.25) is 12.2 Å². The van der Waals surface area contributed by atoms with Crippen LogP contribution >= 0.6 is 34.8 Å². The first-order valence-corrected chi connectivity index (χ1v) is 14.3. The van der Waals surface area contributed by atoms with Gasteiger partial charge in [-0.25, -0.2) is 0 Å². The number of amides is 2. The van der Waals surface area contributed by atoms with Crippen LogP contribution in [0.5, 0.6) is 0 Å². The fraction of sp³-hybridized carbons (Fsp3) is 0.300. The van der Waals surface area contributed by atoms with E-state index in [0.717, 1.165) is 16.0 Å². The molecule has 1 N–H and O–H groups in total. The molecule has 2 amide bonds. The molecular formula is C30H25Cl3N2O7. The van der Waals surface area contributed by atoms with Gasteiger partial charge in [0.1, 0.15) is 24.4 Å². The van der Waals surface area contributed by atoms with Crippen LogP contribution in [-0.4, -0.2) is 63.7 Å². The van der Waals surface area contributed by atoms with Gasteiger partial charge < -0.3 is 23.7 Å². The van der Waals surface area contributed by atoms with Crippen molar-refractivity contribution in [3.63, 3.8) is 0 Å². The third kappa shape index (κ3) is 5.66. The second-order valence-corrected chi connectivity index (χ2v) is 12.2. The topological polar surface area (TPSA) is 107 Å². The number of nitrogens with one attached hydrogen (secondary N) is 1. The smallest absolute Gasteiger partial charge is 0.265 e. The highest BCUT2D eigenvalue weighted by Crippen LogP contribution is 2.41. The first kappa shape index (κ1) is 29.1. The minimum Gasteiger partial charge on any atom is -0.446 e. The van der Waals surface area contributed by atoms with Gasteiger partial charge in [-0.3, -0.25) is 19.9 Å². The van der Waals surface area contributed by atoms with E-state index in [0.29, 0.717) is 0 Å². The largest absolute Gasteiger partial charge is 0.446 e. The van der Waals surface area contributed by atoms with Crippen LogP contribution < -0.4 is 0 Å². The molecule has 9 nitrogen and oxygen atoms in total. The van der Waals surface area contributed by atoms with Crippen molar-refractivity contribution < 1.29 is 33.3 Å². The molecule has 0 bridgehead atoms. The first-order valence-electron chi connectivity index (χ1n) is 13.1. The number of rotatable bonds is 6. The number of imide groups is 1. The van der Waals surface area contributed by atoms with Crippen LogP contribution in [0.1, 0.15) is 38.1 Å². The summed E-state index contributed by atoms with van der Waals surface area (Å²) in [5, 5.41) is 8.26. The van der Waals surface area contributed by atoms with Crippen LogP contribution in [0.25, 0.3) is 0 Å². The van der Waals surface area contributed by atoms with E-state index >= 15 is 0 Å². The number of alkyl halides is 3. The van der Waals surface area contributed by atoms with Crippen molar-refractivity contribution in [3.05, 3.63) is 107 Å². The first-order chi connectivity index (χ1) is 20.2. The van der Waals surface area contributed by atoms with Crippen molar-refractivity contribution in [2.24, 2.45) is 0 Å². The van der Waals surface area contributed by atoms with E-state index in [9.17, 15) is 9.59 Å². The highest BCUT2D eigenvalue weighted by atomic mass is 35.6. The molecule has 0 aliphatic carbocycles. The van der Waals surface area contributed by atoms with Crippen molar-refractivity contribution in [1.29, 1.82) is 5.41 Å². The van der Waals surface area contributed by atoms with Gasteiger partial charge in [0, 0.05) is 5.56 Å². The number of fused-ring (bicyclic) bond motifs is 2. The second kappa shape index (κ2) is 11.9. The molecule has 3 aliphatic rings. The second-order valence-electron chi connectivity index (χ2n) is 9.94. The maximum Gasteiger partial charge on any atom is 0.265 e. The van der Waals surface area contributed by atoms with Gasteiger partial charge in [-0.05, 0) is 17.7 Å². The quantitative estimate of drug-likeness (QED) is 0.167. The molecule has 3 heterocycles. The highest BCUT2D eigenvalue weighted by molar-refractivity contribution is 6.76. The van der Waals surface area contributed by atoms with Crippen molar-refractivity contribution >= 4 is 52.5 Å². The van der Waals surface area contributed by atoms with E-state index in [2.05, 4.69) is 0 Å². The van der Waals surface area contributed by atoms with Gasteiger partial charge in [0.25, 0.3) is 15.6 Å². The number of hydrogen-bond donors (Lipinski definition) is 1. The Morgan fingerprint density at radius 1 is 0.881 bits per heavy atom. The SMILES string of the molecule is N=C(O[C@@H]1O[C@@H]2COC(c3ccccc3)O[C@H]2[C@@H](OCc2ccccc2)[C@H]1N1C(=O)c2ccccc2C1=O)C(Cl)(Cl)Cl. The standard InChI is InChI=1S/C30H25Cl3N2O7/c31-30(32,33)29(34)42-28-22(35-25(36)19-13-7-8-14-20(19)26(35)37)24(38-15-17-9-3-1-4-10-17)23-21(40-28)16-39-27(41-23)18-11-5-2-6-12-18/h1-14,21-24,27-28,34H,15-16H2/t21-,22-,23-,24+,27?,28+/m1/s1. The molecular weight excluding hydrogens is 607 g/mol. The number of hydrogen-bond acceptors (Lipinski definition) is 8. The third-order valence-corrected chi connectivity index (χ3v) is 7.79. The Labute approximate surface area is 256 Å². The molecule has 3 aromatic carbocycles. The predicted molar refractivity (Wildman–Crippen MR) is 154 cm³/mol. The van der Waals surface area contributed by atoms with Crippen LogP contribution in [0, 0.1) is 5.41 Å². The zero-order valence-corrected chi connectivity index (χ0v) is 24.2. The summed E-state index contributed by atoms with van der Waals surface area (Å²) in [7, 11) is 0. The third-order valence-electron chi connectivity index (χ3n) is 7.28. The molecule has 0 saturated carbocycles. The van der Waals surface area contributed by atoms with Crippen LogP contribution in [0.3, 0.4) is 0 Å². The highest BCUT2D eigenvalue weighted by Gasteiger charge is 2.58. The van der Waals surface area contributed by atoms with E-state index in [1.54, 1.807) is 24.3 Å². The lowest BCUT2D eigenvalue weighted by Gasteiger charge is -2.50. The van der Waals surface area contributed by atoms with Gasteiger partial charge in [-0.2, -0.15) is 0 Å². The van der Waals surface area contributed by atoms with Crippen molar-refractivity contribution in [2.45, 2.75) is 47.3 Å². The molecule has 6 rings (SSSR count). The Bertz CT molecular complexity index is 1440. The fourth-order valence-electron chi connectivity index (χ4n) is 5.33. The molecule has 12 heteroatoms. The molecule has 42 heavy (non-hydrogen) atoms. The van der Waals surface area contributed by atoms with Crippen LogP contribution in [0.15, 0.2) is 84.9 Å². The van der Waals surface area contributed by atoms with E-state index < -0.39 is 58.4 Å². The van der Waals surface area contributed by atoms with Gasteiger partial charge in [0.05, 0.1) is 24.3 Å². The van der Waals surface area contributed by atoms with Gasteiger partial charge in [-0.15, -0.1) is 0 Å². The summed E-state index contributed by atoms with van der Waals surface area (Å²) < 4.78 is 28.6. The lowest BCUT2D eigenvalue weighted by atomic mass is 9.94. The fourth-order valence-corrected chi connectivity index (χ4v) is 5.46. The Morgan fingerprint density at radius 2 is 1.48 bits per heavy atom. The molecule has 2 saturated heterocycles.